The van der Waals surface area contributed by atoms with Crippen molar-refractivity contribution in [2.75, 3.05) is 7.11 Å². The number of non-ortho nitro benzene ring substituents is 1. The largest absolute Gasteiger partial charge is 0.497 e. The van der Waals surface area contributed by atoms with Gasteiger partial charge in [-0.2, -0.15) is 5.10 Å². The zero-order valence-corrected chi connectivity index (χ0v) is 18.2. The number of halogens is 1. The lowest BCUT2D eigenvalue weighted by Gasteiger charge is -2.38. The van der Waals surface area contributed by atoms with E-state index in [4.69, 9.17) is 14.6 Å². The molecular formula is C23H18BrN3O4. The summed E-state index contributed by atoms with van der Waals surface area (Å²) in [6.45, 7) is 0. The van der Waals surface area contributed by atoms with E-state index < -0.39 is 11.2 Å². The zero-order chi connectivity index (χ0) is 21.5. The maximum Gasteiger partial charge on any atom is 0.269 e. The van der Waals surface area contributed by atoms with Gasteiger partial charge in [0.25, 0.3) is 5.69 Å². The van der Waals surface area contributed by atoms with Gasteiger partial charge in [-0.05, 0) is 42.5 Å². The number of ether oxygens (including phenoxy) is 2. The predicted molar refractivity (Wildman–Crippen MR) is 119 cm³/mol. The zero-order valence-electron chi connectivity index (χ0n) is 16.6. The van der Waals surface area contributed by atoms with Crippen LogP contribution >= 0.6 is 15.9 Å². The summed E-state index contributed by atoms with van der Waals surface area (Å²) in [7, 11) is 1.64. The summed E-state index contributed by atoms with van der Waals surface area (Å²) in [5.41, 5.74) is 3.83. The van der Waals surface area contributed by atoms with Crippen LogP contribution in [0.25, 0.3) is 0 Å². The molecule has 0 amide bonds. The van der Waals surface area contributed by atoms with Crippen molar-refractivity contribution in [2.45, 2.75) is 18.7 Å². The lowest BCUT2D eigenvalue weighted by Crippen LogP contribution is -2.33. The highest BCUT2D eigenvalue weighted by atomic mass is 79.9. The van der Waals surface area contributed by atoms with E-state index in [1.807, 2.05) is 41.4 Å². The monoisotopic (exact) mass is 479 g/mol. The van der Waals surface area contributed by atoms with Gasteiger partial charge >= 0.3 is 0 Å². The van der Waals surface area contributed by atoms with E-state index in [0.717, 1.165) is 38.4 Å². The van der Waals surface area contributed by atoms with Crippen molar-refractivity contribution in [3.05, 3.63) is 98.0 Å². The Kier molecular flexibility index (Phi) is 4.86. The average Bonchev–Trinajstić information content (AvgIpc) is 3.25. The van der Waals surface area contributed by atoms with E-state index in [-0.39, 0.29) is 11.7 Å². The number of rotatable bonds is 4. The molecule has 0 aromatic heterocycles. The van der Waals surface area contributed by atoms with Gasteiger partial charge in [-0.15, -0.1) is 0 Å². The molecule has 0 spiro atoms. The van der Waals surface area contributed by atoms with Gasteiger partial charge in [0.2, 0.25) is 6.23 Å². The fourth-order valence-corrected chi connectivity index (χ4v) is 4.39. The summed E-state index contributed by atoms with van der Waals surface area (Å²) >= 11 is 3.56. The lowest BCUT2D eigenvalue weighted by molar-refractivity contribution is -0.384. The maximum absolute atomic E-state index is 11.0. The number of nitro groups is 1. The van der Waals surface area contributed by atoms with Gasteiger partial charge in [0, 0.05) is 39.7 Å². The van der Waals surface area contributed by atoms with E-state index in [0.29, 0.717) is 6.42 Å². The first kappa shape index (κ1) is 19.6. The van der Waals surface area contributed by atoms with E-state index >= 15 is 0 Å². The van der Waals surface area contributed by atoms with Gasteiger partial charge in [-0.25, -0.2) is 5.01 Å². The second kappa shape index (κ2) is 7.70. The van der Waals surface area contributed by atoms with Gasteiger partial charge in [0.15, 0.2) is 0 Å². The molecule has 0 fully saturated rings. The highest BCUT2D eigenvalue weighted by molar-refractivity contribution is 9.10. The molecular weight excluding hydrogens is 462 g/mol. The van der Waals surface area contributed by atoms with Crippen LogP contribution in [0.15, 0.2) is 76.3 Å². The summed E-state index contributed by atoms with van der Waals surface area (Å²) < 4.78 is 12.7. The minimum Gasteiger partial charge on any atom is -0.497 e. The Morgan fingerprint density at radius 2 is 1.97 bits per heavy atom. The topological polar surface area (TPSA) is 77.2 Å². The molecule has 2 aliphatic heterocycles. The van der Waals surface area contributed by atoms with E-state index in [9.17, 15) is 10.1 Å². The quantitative estimate of drug-likeness (QED) is 0.359. The molecule has 2 heterocycles. The molecule has 7 nitrogen and oxygen atoms in total. The molecule has 0 unspecified atom stereocenters. The molecule has 31 heavy (non-hydrogen) atoms. The van der Waals surface area contributed by atoms with Crippen LogP contribution in [0.5, 0.6) is 11.5 Å². The van der Waals surface area contributed by atoms with Crippen molar-refractivity contribution >= 4 is 27.3 Å². The second-order valence-electron chi connectivity index (χ2n) is 7.38. The van der Waals surface area contributed by atoms with Gasteiger partial charge in [0.05, 0.1) is 23.8 Å². The van der Waals surface area contributed by atoms with Crippen molar-refractivity contribution < 1.29 is 14.4 Å². The Morgan fingerprint density at radius 3 is 2.71 bits per heavy atom. The fraction of sp³-hybridized carbons (Fsp3) is 0.174. The number of nitro benzene ring substituents is 1. The summed E-state index contributed by atoms with van der Waals surface area (Å²) in [6, 6.07) is 20.2. The minimum atomic E-state index is -0.484. The number of benzene rings is 3. The van der Waals surface area contributed by atoms with Gasteiger partial charge in [-0.1, -0.05) is 28.1 Å². The number of hydrogen-bond donors (Lipinski definition) is 0. The normalized spacial score (nSPS) is 19.2. The molecule has 0 radical (unpaired) electrons. The molecule has 156 valence electrons. The Labute approximate surface area is 187 Å². The van der Waals surface area contributed by atoms with Crippen LogP contribution in [-0.4, -0.2) is 22.8 Å². The number of hydrazone groups is 1. The summed E-state index contributed by atoms with van der Waals surface area (Å²) in [5, 5.41) is 17.9. The van der Waals surface area contributed by atoms with Crippen molar-refractivity contribution in [1.82, 2.24) is 5.01 Å². The van der Waals surface area contributed by atoms with Crippen LogP contribution < -0.4 is 9.47 Å². The standard InChI is InChI=1S/C23H18BrN3O4/c1-30-18-4-2-3-15(11-18)20-13-21-19-12-16(24)7-10-22(19)31-23(26(21)25-20)14-5-8-17(9-6-14)27(28)29/h2-12,21,23H,13H2,1H3/t21-,23+/m1/s1. The predicted octanol–water partition coefficient (Wildman–Crippen LogP) is 5.61. The third kappa shape index (κ3) is 3.53. The van der Waals surface area contributed by atoms with E-state index in [2.05, 4.69) is 22.0 Å². The molecule has 3 aromatic carbocycles. The van der Waals surface area contributed by atoms with Crippen molar-refractivity contribution in [3.63, 3.8) is 0 Å². The third-order valence-electron chi connectivity index (χ3n) is 5.54. The molecule has 2 aliphatic rings. The number of hydrogen-bond acceptors (Lipinski definition) is 6. The van der Waals surface area contributed by atoms with Gasteiger partial charge < -0.3 is 9.47 Å². The molecule has 0 N–H and O–H groups in total. The van der Waals surface area contributed by atoms with Crippen LogP contribution in [-0.2, 0) is 0 Å². The molecule has 5 rings (SSSR count). The van der Waals surface area contributed by atoms with Crippen molar-refractivity contribution in [1.29, 1.82) is 0 Å². The fourth-order valence-electron chi connectivity index (χ4n) is 4.02. The Morgan fingerprint density at radius 1 is 1.16 bits per heavy atom. The molecule has 2 atom stereocenters. The Balaban J connectivity index is 1.57. The van der Waals surface area contributed by atoms with E-state index in [1.165, 1.54) is 12.1 Å². The molecule has 0 bridgehead atoms. The first-order valence-corrected chi connectivity index (χ1v) is 10.5. The average molecular weight is 480 g/mol. The van der Waals surface area contributed by atoms with Gasteiger partial charge in [-0.3, -0.25) is 10.1 Å². The SMILES string of the molecule is COc1cccc(C2=NN3[C@H](C2)c2cc(Br)ccc2O[C@H]3c2ccc([N+](=O)[O-])cc2)c1. The summed E-state index contributed by atoms with van der Waals surface area (Å²) in [6.07, 6.45) is 0.228. The first-order valence-electron chi connectivity index (χ1n) is 9.74. The second-order valence-corrected chi connectivity index (χ2v) is 8.30. The van der Waals surface area contributed by atoms with Crippen LogP contribution in [0.1, 0.15) is 35.4 Å². The summed E-state index contributed by atoms with van der Waals surface area (Å²) in [5.74, 6) is 1.56. The number of nitrogens with zero attached hydrogens (tertiary/aromatic N) is 3. The van der Waals surface area contributed by atoms with Crippen LogP contribution in [0.4, 0.5) is 5.69 Å². The van der Waals surface area contributed by atoms with E-state index in [1.54, 1.807) is 19.2 Å². The smallest absolute Gasteiger partial charge is 0.269 e. The van der Waals surface area contributed by atoms with Crippen LogP contribution in [0.2, 0.25) is 0 Å². The van der Waals surface area contributed by atoms with Crippen molar-refractivity contribution in [3.8, 4) is 11.5 Å². The molecule has 0 aliphatic carbocycles. The summed E-state index contributed by atoms with van der Waals surface area (Å²) in [4.78, 5) is 10.6. The maximum atomic E-state index is 11.0. The molecule has 3 aromatic rings. The molecule has 0 saturated carbocycles. The van der Waals surface area contributed by atoms with Crippen LogP contribution in [0.3, 0.4) is 0 Å². The highest BCUT2D eigenvalue weighted by Crippen LogP contribution is 2.48. The van der Waals surface area contributed by atoms with Crippen LogP contribution in [0, 0.1) is 10.1 Å². The number of fused-ring (bicyclic) bond motifs is 3. The minimum absolute atomic E-state index is 0.0114. The molecule has 8 heteroatoms. The first-order chi connectivity index (χ1) is 15.0. The van der Waals surface area contributed by atoms with Gasteiger partial charge in [0.1, 0.15) is 11.5 Å². The highest BCUT2D eigenvalue weighted by Gasteiger charge is 2.41. The number of methoxy groups -OCH3 is 1. The Hall–Kier alpha value is -3.39. The Bertz CT molecular complexity index is 1200. The third-order valence-corrected chi connectivity index (χ3v) is 6.04. The lowest BCUT2D eigenvalue weighted by atomic mass is 9.96. The molecule has 0 saturated heterocycles. The van der Waals surface area contributed by atoms with Crippen molar-refractivity contribution in [2.24, 2.45) is 5.10 Å².